The Labute approximate surface area is 202 Å². The molecule has 8 heteroatoms. The van der Waals surface area contributed by atoms with E-state index in [1.807, 2.05) is 30.9 Å². The molecule has 2 fully saturated rings. The van der Waals surface area contributed by atoms with Crippen LogP contribution in [0.15, 0.2) is 12.3 Å². The summed E-state index contributed by atoms with van der Waals surface area (Å²) in [5.74, 6) is -0.0713. The van der Waals surface area contributed by atoms with Crippen molar-refractivity contribution >= 4 is 28.4 Å². The van der Waals surface area contributed by atoms with Crippen LogP contribution >= 0.6 is 0 Å². The van der Waals surface area contributed by atoms with Crippen LogP contribution < -0.4 is 15.5 Å². The summed E-state index contributed by atoms with van der Waals surface area (Å²) >= 11 is 0. The van der Waals surface area contributed by atoms with Gasteiger partial charge in [0, 0.05) is 56.4 Å². The fourth-order valence-electron chi connectivity index (χ4n) is 5.78. The molecule has 0 radical (unpaired) electrons. The standard InChI is InChI=1S/C26H39N5O3/c1-6-19-20(25(32)27-14-21-16(3)12-17(4)29-26(21)33)13-23-22(15-28-30(23)5)24(19)31(7-2)18-8-10-34-11-9-18/h13,15-18,21H,6-12,14H2,1-5H3,(H,27,32)(H,29,33). The summed E-state index contributed by atoms with van der Waals surface area (Å²) in [5.41, 5.74) is 3.78. The molecule has 0 spiro atoms. The number of carbonyl (C=O) groups is 2. The minimum atomic E-state index is -0.209. The molecule has 2 aliphatic rings. The summed E-state index contributed by atoms with van der Waals surface area (Å²) in [6.07, 6.45) is 5.53. The lowest BCUT2D eigenvalue weighted by Crippen LogP contribution is -2.50. The number of carbonyl (C=O) groups excluding carboxylic acids is 2. The molecule has 2 aromatic rings. The summed E-state index contributed by atoms with van der Waals surface area (Å²) in [7, 11) is 1.92. The van der Waals surface area contributed by atoms with E-state index in [1.54, 1.807) is 0 Å². The zero-order valence-corrected chi connectivity index (χ0v) is 21.2. The lowest BCUT2D eigenvalue weighted by molar-refractivity contribution is -0.129. The third kappa shape index (κ3) is 4.65. The van der Waals surface area contributed by atoms with Crippen molar-refractivity contribution in [1.29, 1.82) is 0 Å². The monoisotopic (exact) mass is 469 g/mol. The number of amides is 2. The van der Waals surface area contributed by atoms with Crippen LogP contribution in [0.25, 0.3) is 10.9 Å². The van der Waals surface area contributed by atoms with E-state index in [1.165, 1.54) is 0 Å². The fourth-order valence-corrected chi connectivity index (χ4v) is 5.78. The van der Waals surface area contributed by atoms with E-state index in [0.717, 1.165) is 67.6 Å². The smallest absolute Gasteiger partial charge is 0.251 e. The molecular weight excluding hydrogens is 430 g/mol. The Morgan fingerprint density at radius 2 is 2.03 bits per heavy atom. The van der Waals surface area contributed by atoms with Crippen molar-refractivity contribution in [2.24, 2.45) is 18.9 Å². The van der Waals surface area contributed by atoms with Crippen LogP contribution in [0.1, 0.15) is 62.9 Å². The van der Waals surface area contributed by atoms with Crippen molar-refractivity contribution in [1.82, 2.24) is 20.4 Å². The third-order valence-corrected chi connectivity index (χ3v) is 7.61. The van der Waals surface area contributed by atoms with Gasteiger partial charge in [-0.3, -0.25) is 14.3 Å². The van der Waals surface area contributed by atoms with Gasteiger partial charge in [0.15, 0.2) is 0 Å². The number of ether oxygens (including phenoxy) is 1. The topological polar surface area (TPSA) is 88.5 Å². The SMILES string of the molecule is CCc1c(C(=O)NCC2C(=O)NC(C)CC2C)cc2c(cnn2C)c1N(CC)C1CCOCC1. The van der Waals surface area contributed by atoms with E-state index < -0.39 is 0 Å². The van der Waals surface area contributed by atoms with Crippen LogP contribution in [0.2, 0.25) is 0 Å². The maximum atomic E-state index is 13.6. The molecule has 1 aromatic heterocycles. The van der Waals surface area contributed by atoms with E-state index in [9.17, 15) is 9.59 Å². The second kappa shape index (κ2) is 10.3. The quantitative estimate of drug-likeness (QED) is 0.651. The molecule has 186 valence electrons. The predicted molar refractivity (Wildman–Crippen MR) is 134 cm³/mol. The number of hydrogen-bond donors (Lipinski definition) is 2. The summed E-state index contributed by atoms with van der Waals surface area (Å²) in [6, 6.07) is 2.52. The molecule has 34 heavy (non-hydrogen) atoms. The molecule has 2 N–H and O–H groups in total. The Kier molecular flexibility index (Phi) is 7.45. The fraction of sp³-hybridized carbons (Fsp3) is 0.654. The Bertz CT molecular complexity index is 1040. The molecule has 3 heterocycles. The number of nitrogens with zero attached hydrogens (tertiary/aromatic N) is 3. The number of hydrogen-bond acceptors (Lipinski definition) is 5. The molecule has 2 aliphatic heterocycles. The first-order valence-electron chi connectivity index (χ1n) is 12.8. The Morgan fingerprint density at radius 1 is 1.29 bits per heavy atom. The zero-order chi connectivity index (χ0) is 24.4. The van der Waals surface area contributed by atoms with Gasteiger partial charge in [0.2, 0.25) is 5.91 Å². The van der Waals surface area contributed by atoms with Gasteiger partial charge in [-0.1, -0.05) is 13.8 Å². The molecule has 8 nitrogen and oxygen atoms in total. The number of benzene rings is 1. The number of fused-ring (bicyclic) bond motifs is 1. The number of anilines is 1. The van der Waals surface area contributed by atoms with Crippen LogP contribution in [-0.2, 0) is 23.0 Å². The molecular formula is C26H39N5O3. The van der Waals surface area contributed by atoms with Gasteiger partial charge in [-0.2, -0.15) is 5.10 Å². The Morgan fingerprint density at radius 3 is 2.68 bits per heavy atom. The van der Waals surface area contributed by atoms with Crippen molar-refractivity contribution < 1.29 is 14.3 Å². The lowest BCUT2D eigenvalue weighted by Gasteiger charge is -2.37. The summed E-state index contributed by atoms with van der Waals surface area (Å²) in [4.78, 5) is 28.5. The zero-order valence-electron chi connectivity index (χ0n) is 21.2. The molecule has 3 atom stereocenters. The molecule has 0 saturated carbocycles. The van der Waals surface area contributed by atoms with Crippen molar-refractivity contribution in [3.05, 3.63) is 23.4 Å². The second-order valence-electron chi connectivity index (χ2n) is 9.87. The van der Waals surface area contributed by atoms with E-state index in [-0.39, 0.29) is 29.7 Å². The van der Waals surface area contributed by atoms with Gasteiger partial charge in [-0.15, -0.1) is 0 Å². The largest absolute Gasteiger partial charge is 0.381 e. The van der Waals surface area contributed by atoms with E-state index in [2.05, 4.69) is 41.4 Å². The lowest BCUT2D eigenvalue weighted by atomic mass is 9.84. The third-order valence-electron chi connectivity index (χ3n) is 7.61. The first-order chi connectivity index (χ1) is 16.3. The number of aryl methyl sites for hydroxylation is 1. The minimum absolute atomic E-state index is 0.0294. The molecule has 3 unspecified atom stereocenters. The van der Waals surface area contributed by atoms with Crippen LogP contribution in [0.3, 0.4) is 0 Å². The van der Waals surface area contributed by atoms with Crippen molar-refractivity contribution in [3.63, 3.8) is 0 Å². The maximum Gasteiger partial charge on any atom is 0.251 e. The molecule has 0 aliphatic carbocycles. The number of nitrogens with one attached hydrogen (secondary N) is 2. The minimum Gasteiger partial charge on any atom is -0.381 e. The van der Waals surface area contributed by atoms with Crippen LogP contribution in [-0.4, -0.2) is 60.0 Å². The Hall–Kier alpha value is -2.61. The van der Waals surface area contributed by atoms with E-state index in [0.29, 0.717) is 18.2 Å². The normalized spacial score (nSPS) is 23.7. The number of piperidine rings is 1. The highest BCUT2D eigenvalue weighted by Crippen LogP contribution is 2.37. The van der Waals surface area contributed by atoms with E-state index in [4.69, 9.17) is 4.74 Å². The average molecular weight is 470 g/mol. The van der Waals surface area contributed by atoms with Crippen molar-refractivity contribution in [2.75, 3.05) is 31.2 Å². The van der Waals surface area contributed by atoms with Crippen LogP contribution in [0.4, 0.5) is 5.69 Å². The molecule has 1 aromatic carbocycles. The molecule has 4 rings (SSSR count). The summed E-state index contributed by atoms with van der Waals surface area (Å²) < 4.78 is 7.45. The van der Waals surface area contributed by atoms with Crippen LogP contribution in [0, 0.1) is 11.8 Å². The second-order valence-corrected chi connectivity index (χ2v) is 9.87. The highest BCUT2D eigenvalue weighted by Gasteiger charge is 2.33. The van der Waals surface area contributed by atoms with Gasteiger partial charge in [0.05, 0.1) is 23.3 Å². The molecule has 2 saturated heterocycles. The first-order valence-corrected chi connectivity index (χ1v) is 12.8. The van der Waals surface area contributed by atoms with Crippen molar-refractivity contribution in [2.45, 2.75) is 65.5 Å². The summed E-state index contributed by atoms with van der Waals surface area (Å²) in [6.45, 7) is 11.1. The van der Waals surface area contributed by atoms with Gasteiger partial charge in [-0.25, -0.2) is 0 Å². The Balaban J connectivity index is 1.69. The van der Waals surface area contributed by atoms with Gasteiger partial charge in [-0.05, 0) is 57.1 Å². The highest BCUT2D eigenvalue weighted by atomic mass is 16.5. The van der Waals surface area contributed by atoms with Crippen molar-refractivity contribution in [3.8, 4) is 0 Å². The summed E-state index contributed by atoms with van der Waals surface area (Å²) in [5, 5.41) is 11.7. The van der Waals surface area contributed by atoms with E-state index >= 15 is 0 Å². The van der Waals surface area contributed by atoms with Gasteiger partial charge >= 0.3 is 0 Å². The average Bonchev–Trinajstić information content (AvgIpc) is 3.19. The van der Waals surface area contributed by atoms with Gasteiger partial charge < -0.3 is 20.3 Å². The van der Waals surface area contributed by atoms with Crippen LogP contribution in [0.5, 0.6) is 0 Å². The van der Waals surface area contributed by atoms with Gasteiger partial charge in [0.1, 0.15) is 0 Å². The van der Waals surface area contributed by atoms with Gasteiger partial charge in [0.25, 0.3) is 5.91 Å². The first kappa shape index (κ1) is 24.5. The predicted octanol–water partition coefficient (Wildman–Crippen LogP) is 3.03. The molecule has 2 amide bonds. The number of aromatic nitrogens is 2. The number of rotatable bonds is 7. The highest BCUT2D eigenvalue weighted by molar-refractivity contribution is 6.05. The maximum absolute atomic E-state index is 13.6. The molecule has 0 bridgehead atoms.